The third kappa shape index (κ3) is 6.14. The molecular weight excluding hydrogens is 467 g/mol. The van der Waals surface area contributed by atoms with Crippen molar-refractivity contribution in [2.24, 2.45) is 0 Å². The van der Waals surface area contributed by atoms with E-state index in [1.165, 1.54) is 18.6 Å². The van der Waals surface area contributed by atoms with E-state index in [1.807, 2.05) is 46.0 Å². The third-order valence-corrected chi connectivity index (χ3v) is 7.09. The van der Waals surface area contributed by atoms with Gasteiger partial charge in [0.2, 0.25) is 0 Å². The second-order valence-corrected chi connectivity index (χ2v) is 9.27. The standard InChI is InChI=1S/C25H30BrFN2O.C2H6/c1-15(13-22-17(3)28-9-6-23(22)26)18(4)29-10-7-20(8-11-29)25-16(2)12-21(19(5)30)14-24(25)27;1-2/h6,9,12-14,18,20H,7-8,10-11H2,1-5H3;1-2H3/b15-13+;. The first-order valence-electron chi connectivity index (χ1n) is 11.5. The van der Waals surface area contributed by atoms with Crippen LogP contribution >= 0.6 is 15.9 Å². The Morgan fingerprint density at radius 1 is 1.22 bits per heavy atom. The molecule has 1 aromatic heterocycles. The van der Waals surface area contributed by atoms with E-state index < -0.39 is 0 Å². The Hall–Kier alpha value is -1.85. The van der Waals surface area contributed by atoms with Gasteiger partial charge in [0.05, 0.1) is 0 Å². The highest BCUT2D eigenvalue weighted by Crippen LogP contribution is 2.34. The van der Waals surface area contributed by atoms with Gasteiger partial charge in [0, 0.05) is 33.5 Å². The molecule has 2 aromatic rings. The van der Waals surface area contributed by atoms with Gasteiger partial charge in [0.1, 0.15) is 5.82 Å². The zero-order valence-electron chi connectivity index (χ0n) is 20.4. The molecule has 0 bridgehead atoms. The van der Waals surface area contributed by atoms with Gasteiger partial charge < -0.3 is 0 Å². The highest BCUT2D eigenvalue weighted by atomic mass is 79.9. The maximum absolute atomic E-state index is 14.8. The van der Waals surface area contributed by atoms with E-state index in [2.05, 4.69) is 45.7 Å². The molecule has 174 valence electrons. The molecule has 0 spiro atoms. The number of aryl methyl sites for hydroxylation is 2. The molecule has 1 unspecified atom stereocenters. The minimum Gasteiger partial charge on any atom is -0.297 e. The van der Waals surface area contributed by atoms with Gasteiger partial charge in [-0.15, -0.1) is 0 Å². The molecule has 2 heterocycles. The van der Waals surface area contributed by atoms with Crippen molar-refractivity contribution in [1.29, 1.82) is 0 Å². The number of rotatable bonds is 5. The average Bonchev–Trinajstić information content (AvgIpc) is 2.77. The molecule has 0 radical (unpaired) electrons. The van der Waals surface area contributed by atoms with Gasteiger partial charge in [-0.2, -0.15) is 0 Å². The molecule has 0 N–H and O–H groups in total. The number of piperidine rings is 1. The molecule has 0 saturated carbocycles. The quantitative estimate of drug-likeness (QED) is 0.396. The summed E-state index contributed by atoms with van der Waals surface area (Å²) >= 11 is 3.63. The summed E-state index contributed by atoms with van der Waals surface area (Å²) in [5, 5.41) is 0. The van der Waals surface area contributed by atoms with Crippen LogP contribution in [-0.4, -0.2) is 34.8 Å². The molecular formula is C27H36BrFN2O. The number of Topliss-reactive ketones (excluding diaryl/α,β-unsaturated/α-hetero) is 1. The van der Waals surface area contributed by atoms with Crippen LogP contribution in [0.1, 0.15) is 86.1 Å². The van der Waals surface area contributed by atoms with E-state index in [0.29, 0.717) is 11.6 Å². The maximum Gasteiger partial charge on any atom is 0.159 e. The monoisotopic (exact) mass is 502 g/mol. The molecule has 0 amide bonds. The number of halogens is 2. The molecule has 32 heavy (non-hydrogen) atoms. The Morgan fingerprint density at radius 3 is 2.38 bits per heavy atom. The smallest absolute Gasteiger partial charge is 0.159 e. The maximum atomic E-state index is 14.8. The van der Waals surface area contributed by atoms with Gasteiger partial charge in [0.15, 0.2) is 5.78 Å². The Morgan fingerprint density at radius 2 is 1.84 bits per heavy atom. The largest absolute Gasteiger partial charge is 0.297 e. The summed E-state index contributed by atoms with van der Waals surface area (Å²) in [5.41, 5.74) is 5.56. The predicted octanol–water partition coefficient (Wildman–Crippen LogP) is 7.50. The van der Waals surface area contributed by atoms with Crippen LogP contribution in [0.3, 0.4) is 0 Å². The summed E-state index contributed by atoms with van der Waals surface area (Å²) in [4.78, 5) is 18.5. The minimum atomic E-state index is -0.236. The molecule has 1 aliphatic heterocycles. The molecule has 5 heteroatoms. The third-order valence-electron chi connectivity index (χ3n) is 6.40. The summed E-state index contributed by atoms with van der Waals surface area (Å²) in [6.07, 6.45) is 5.87. The van der Waals surface area contributed by atoms with E-state index in [9.17, 15) is 9.18 Å². The first-order chi connectivity index (χ1) is 15.2. The van der Waals surface area contributed by atoms with Gasteiger partial charge in [-0.05, 0) is 95.8 Å². The van der Waals surface area contributed by atoms with Crippen LogP contribution in [0.4, 0.5) is 4.39 Å². The molecule has 1 aliphatic rings. The molecule has 3 nitrogen and oxygen atoms in total. The van der Waals surface area contributed by atoms with Crippen LogP contribution in [0.25, 0.3) is 6.08 Å². The highest BCUT2D eigenvalue weighted by molar-refractivity contribution is 9.10. The van der Waals surface area contributed by atoms with Gasteiger partial charge in [-0.3, -0.25) is 14.7 Å². The lowest BCUT2D eigenvalue weighted by atomic mass is 9.84. The van der Waals surface area contributed by atoms with Crippen molar-refractivity contribution >= 4 is 27.8 Å². The number of aromatic nitrogens is 1. The highest BCUT2D eigenvalue weighted by Gasteiger charge is 2.27. The van der Waals surface area contributed by atoms with Crippen molar-refractivity contribution in [3.63, 3.8) is 0 Å². The summed E-state index contributed by atoms with van der Waals surface area (Å²) in [5.74, 6) is -0.127. The Balaban J connectivity index is 0.00000176. The lowest BCUT2D eigenvalue weighted by Gasteiger charge is -2.37. The number of hydrogen-bond acceptors (Lipinski definition) is 3. The number of ketones is 1. The number of likely N-dealkylation sites (tertiary alicyclic amines) is 1. The molecule has 1 fully saturated rings. The van der Waals surface area contributed by atoms with Crippen LogP contribution in [0.2, 0.25) is 0 Å². The number of pyridine rings is 1. The first-order valence-corrected chi connectivity index (χ1v) is 12.3. The summed E-state index contributed by atoms with van der Waals surface area (Å²) in [6.45, 7) is 15.7. The van der Waals surface area contributed by atoms with Gasteiger partial charge >= 0.3 is 0 Å². The van der Waals surface area contributed by atoms with Crippen molar-refractivity contribution < 1.29 is 9.18 Å². The fourth-order valence-electron chi connectivity index (χ4n) is 4.41. The Kier molecular flexibility index (Phi) is 9.78. The summed E-state index contributed by atoms with van der Waals surface area (Å²) < 4.78 is 15.8. The number of benzene rings is 1. The second kappa shape index (κ2) is 11.9. The van der Waals surface area contributed by atoms with Crippen molar-refractivity contribution in [1.82, 2.24) is 9.88 Å². The minimum absolute atomic E-state index is 0.0926. The topological polar surface area (TPSA) is 33.2 Å². The Bertz CT molecular complexity index is 934. The van der Waals surface area contributed by atoms with Crippen molar-refractivity contribution in [2.45, 2.75) is 73.3 Å². The zero-order chi connectivity index (χ0) is 24.0. The van der Waals surface area contributed by atoms with Crippen molar-refractivity contribution in [2.75, 3.05) is 13.1 Å². The molecule has 1 atom stereocenters. The molecule has 3 rings (SSSR count). The first kappa shape index (κ1) is 26.4. The lowest BCUT2D eigenvalue weighted by molar-refractivity contribution is 0.101. The number of carbonyl (C=O) groups is 1. The average molecular weight is 504 g/mol. The predicted molar refractivity (Wildman–Crippen MR) is 136 cm³/mol. The summed E-state index contributed by atoms with van der Waals surface area (Å²) in [7, 11) is 0. The van der Waals surface area contributed by atoms with Crippen molar-refractivity contribution in [3.8, 4) is 0 Å². The normalized spacial score (nSPS) is 16.3. The number of hydrogen-bond donors (Lipinski definition) is 0. The van der Waals surface area contributed by atoms with Crippen LogP contribution in [0, 0.1) is 19.7 Å². The zero-order valence-corrected chi connectivity index (χ0v) is 22.0. The second-order valence-electron chi connectivity index (χ2n) is 8.41. The van der Waals surface area contributed by atoms with Crippen molar-refractivity contribution in [3.05, 3.63) is 68.2 Å². The fraction of sp³-hybridized carbons (Fsp3) is 0.481. The van der Waals surface area contributed by atoms with E-state index in [1.54, 1.807) is 0 Å². The molecule has 0 aliphatic carbocycles. The van der Waals surface area contributed by atoms with E-state index in [0.717, 1.165) is 52.8 Å². The van der Waals surface area contributed by atoms with Gasteiger partial charge in [-0.1, -0.05) is 41.4 Å². The fourth-order valence-corrected chi connectivity index (χ4v) is 4.93. The van der Waals surface area contributed by atoms with Crippen LogP contribution in [0.5, 0.6) is 0 Å². The van der Waals surface area contributed by atoms with E-state index in [-0.39, 0.29) is 17.5 Å². The van der Waals surface area contributed by atoms with Gasteiger partial charge in [-0.25, -0.2) is 4.39 Å². The van der Waals surface area contributed by atoms with E-state index >= 15 is 0 Å². The molecule has 1 saturated heterocycles. The molecule has 1 aromatic carbocycles. The van der Waals surface area contributed by atoms with Gasteiger partial charge in [0.25, 0.3) is 0 Å². The lowest BCUT2D eigenvalue weighted by Crippen LogP contribution is -2.40. The summed E-state index contributed by atoms with van der Waals surface area (Å²) in [6, 6.07) is 5.51. The number of carbonyl (C=O) groups excluding carboxylic acids is 1. The van der Waals surface area contributed by atoms with Crippen LogP contribution in [0.15, 0.2) is 34.4 Å². The Labute approximate surface area is 201 Å². The number of nitrogens with zero attached hydrogens (tertiary/aromatic N) is 2. The van der Waals surface area contributed by atoms with Crippen LogP contribution < -0.4 is 0 Å². The SMILES string of the molecule is CC.CC(=O)c1cc(C)c(C2CCN(C(C)/C(C)=C/c3c(Br)ccnc3C)CC2)c(F)c1. The van der Waals surface area contributed by atoms with E-state index in [4.69, 9.17) is 0 Å². The van der Waals surface area contributed by atoms with Crippen LogP contribution in [-0.2, 0) is 0 Å².